The van der Waals surface area contributed by atoms with Crippen LogP contribution in [0.25, 0.3) is 11.0 Å². The van der Waals surface area contributed by atoms with Gasteiger partial charge >= 0.3 is 0 Å². The number of ketones is 1. The van der Waals surface area contributed by atoms with Crippen molar-refractivity contribution in [3.63, 3.8) is 0 Å². The summed E-state index contributed by atoms with van der Waals surface area (Å²) in [5.74, 6) is 0.481. The number of ether oxygens (including phenoxy) is 1. The van der Waals surface area contributed by atoms with Crippen molar-refractivity contribution >= 4 is 22.8 Å². The lowest BCUT2D eigenvalue weighted by atomic mass is 9.79. The molecule has 0 saturated carbocycles. The summed E-state index contributed by atoms with van der Waals surface area (Å²) in [6.07, 6.45) is 2.63. The van der Waals surface area contributed by atoms with Gasteiger partial charge in [-0.1, -0.05) is 30.3 Å². The molecule has 2 aliphatic rings. The lowest BCUT2D eigenvalue weighted by Gasteiger charge is -2.26. The quantitative estimate of drug-likeness (QED) is 0.652. The number of carbonyl (C=O) groups is 1. The summed E-state index contributed by atoms with van der Waals surface area (Å²) < 4.78 is 5.36. The maximum absolute atomic E-state index is 13.0. The molecule has 1 fully saturated rings. The first-order chi connectivity index (χ1) is 15.2. The number of nitrogens with one attached hydrogen (secondary N) is 2. The first-order valence-electron chi connectivity index (χ1n) is 10.7. The smallest absolute Gasteiger partial charge is 0.262 e. The fraction of sp³-hybridized carbons (Fsp3) is 0.391. The zero-order valence-corrected chi connectivity index (χ0v) is 17.3. The number of benzene rings is 1. The van der Waals surface area contributed by atoms with E-state index in [4.69, 9.17) is 4.74 Å². The van der Waals surface area contributed by atoms with E-state index in [0.717, 1.165) is 44.0 Å². The topological polar surface area (TPSA) is 100 Å². The molecule has 5 rings (SSSR count). The molecule has 1 aromatic carbocycles. The van der Waals surface area contributed by atoms with Crippen LogP contribution in [0.15, 0.2) is 41.3 Å². The van der Waals surface area contributed by atoms with Gasteiger partial charge in [-0.05, 0) is 23.5 Å². The van der Waals surface area contributed by atoms with E-state index in [0.29, 0.717) is 41.9 Å². The molecule has 1 aliphatic heterocycles. The minimum Gasteiger partial charge on any atom is -0.379 e. The number of carbonyl (C=O) groups excluding carboxylic acids is 1. The third-order valence-corrected chi connectivity index (χ3v) is 6.12. The number of hydrogen-bond donors (Lipinski definition) is 2. The van der Waals surface area contributed by atoms with Gasteiger partial charge in [-0.25, -0.2) is 4.98 Å². The molecule has 0 spiro atoms. The summed E-state index contributed by atoms with van der Waals surface area (Å²) in [6, 6.07) is 9.98. The van der Waals surface area contributed by atoms with Crippen LogP contribution in [0.1, 0.15) is 33.8 Å². The van der Waals surface area contributed by atoms with Crippen molar-refractivity contribution in [3.8, 4) is 0 Å². The Bertz CT molecular complexity index is 1160. The number of H-pyrrole nitrogens is 1. The van der Waals surface area contributed by atoms with Gasteiger partial charge in [0.15, 0.2) is 11.4 Å². The van der Waals surface area contributed by atoms with Crippen molar-refractivity contribution in [3.05, 3.63) is 63.6 Å². The molecule has 160 valence electrons. The SMILES string of the molecule is O=C1C[C@H](c2ccccc2)Cc2c1cnc1nc(NCCN3CCOCC3)[nH]c(=O)c21. The van der Waals surface area contributed by atoms with Gasteiger partial charge in [0.05, 0.1) is 18.6 Å². The number of aromatic nitrogens is 3. The van der Waals surface area contributed by atoms with Gasteiger partial charge in [-0.3, -0.25) is 19.5 Å². The molecule has 1 saturated heterocycles. The average molecular weight is 419 g/mol. The standard InChI is InChI=1S/C23H25N5O3/c29-19-13-16(15-4-2-1-3-5-15)12-17-18(19)14-25-21-20(17)22(30)27-23(26-21)24-6-7-28-8-10-31-11-9-28/h1-5,14,16H,6-13H2,(H2,24,25,26,27,30)/t16-/m1/s1. The summed E-state index contributed by atoms with van der Waals surface area (Å²) in [7, 11) is 0. The Morgan fingerprint density at radius 3 is 2.74 bits per heavy atom. The van der Waals surface area contributed by atoms with Crippen LogP contribution < -0.4 is 10.9 Å². The number of Topliss-reactive ketones (excluding diaryl/α,β-unsaturated/α-hetero) is 1. The Hall–Kier alpha value is -3.10. The van der Waals surface area contributed by atoms with E-state index in [1.54, 1.807) is 6.20 Å². The van der Waals surface area contributed by atoms with Crippen molar-refractivity contribution in [1.82, 2.24) is 19.9 Å². The molecule has 0 unspecified atom stereocenters. The minimum atomic E-state index is -0.260. The van der Waals surface area contributed by atoms with E-state index in [-0.39, 0.29) is 17.3 Å². The molecule has 2 N–H and O–H groups in total. The second-order valence-electron chi connectivity index (χ2n) is 8.08. The molecule has 8 heteroatoms. The van der Waals surface area contributed by atoms with Gasteiger partial charge in [0, 0.05) is 44.4 Å². The van der Waals surface area contributed by atoms with E-state index >= 15 is 0 Å². The van der Waals surface area contributed by atoms with Crippen LogP contribution >= 0.6 is 0 Å². The highest BCUT2D eigenvalue weighted by molar-refractivity contribution is 6.02. The second-order valence-corrected chi connectivity index (χ2v) is 8.08. The van der Waals surface area contributed by atoms with Crippen LogP contribution in [-0.4, -0.2) is 65.0 Å². The third-order valence-electron chi connectivity index (χ3n) is 6.12. The van der Waals surface area contributed by atoms with E-state index in [9.17, 15) is 9.59 Å². The van der Waals surface area contributed by atoms with Crippen LogP contribution in [0.5, 0.6) is 0 Å². The molecule has 2 aromatic heterocycles. The van der Waals surface area contributed by atoms with Crippen LogP contribution in [0.2, 0.25) is 0 Å². The van der Waals surface area contributed by atoms with Crippen LogP contribution in [-0.2, 0) is 11.2 Å². The maximum Gasteiger partial charge on any atom is 0.262 e. The van der Waals surface area contributed by atoms with Gasteiger partial charge in [0.1, 0.15) is 0 Å². The van der Waals surface area contributed by atoms with E-state index in [2.05, 4.69) is 25.2 Å². The fourth-order valence-corrected chi connectivity index (χ4v) is 4.47. The summed E-state index contributed by atoms with van der Waals surface area (Å²) in [4.78, 5) is 39.8. The van der Waals surface area contributed by atoms with Crippen LogP contribution in [0, 0.1) is 0 Å². The first-order valence-corrected chi connectivity index (χ1v) is 10.7. The monoisotopic (exact) mass is 419 g/mol. The average Bonchev–Trinajstić information content (AvgIpc) is 2.80. The van der Waals surface area contributed by atoms with Gasteiger partial charge < -0.3 is 10.1 Å². The molecule has 3 heterocycles. The Kier molecular flexibility index (Phi) is 5.48. The zero-order chi connectivity index (χ0) is 21.2. The van der Waals surface area contributed by atoms with Crippen molar-refractivity contribution in [1.29, 1.82) is 0 Å². The summed E-state index contributed by atoms with van der Waals surface area (Å²) in [6.45, 7) is 4.83. The molecule has 0 radical (unpaired) electrons. The first kappa shape index (κ1) is 19.8. The fourth-order valence-electron chi connectivity index (χ4n) is 4.47. The summed E-state index contributed by atoms with van der Waals surface area (Å²) >= 11 is 0. The molecule has 0 bridgehead atoms. The normalized spacial score (nSPS) is 19.4. The molecule has 3 aromatic rings. The maximum atomic E-state index is 13.0. The number of nitrogens with zero attached hydrogens (tertiary/aromatic N) is 3. The number of pyridine rings is 1. The highest BCUT2D eigenvalue weighted by Gasteiger charge is 2.29. The van der Waals surface area contributed by atoms with Crippen LogP contribution in [0.4, 0.5) is 5.95 Å². The lowest BCUT2D eigenvalue weighted by Crippen LogP contribution is -2.39. The van der Waals surface area contributed by atoms with Gasteiger partial charge in [-0.2, -0.15) is 4.98 Å². The number of morpholine rings is 1. The molecule has 0 amide bonds. The Balaban J connectivity index is 1.41. The Labute approximate surface area is 179 Å². The van der Waals surface area contributed by atoms with Gasteiger partial charge in [0.25, 0.3) is 5.56 Å². The molecule has 8 nitrogen and oxygen atoms in total. The number of anilines is 1. The predicted octanol–water partition coefficient (Wildman–Crippen LogP) is 1.97. The van der Waals surface area contributed by atoms with E-state index in [1.807, 2.05) is 30.3 Å². The Morgan fingerprint density at radius 2 is 1.94 bits per heavy atom. The van der Waals surface area contributed by atoms with Gasteiger partial charge in [0.2, 0.25) is 5.95 Å². The number of fused-ring (bicyclic) bond motifs is 3. The third kappa shape index (κ3) is 4.08. The highest BCUT2D eigenvalue weighted by atomic mass is 16.5. The summed E-state index contributed by atoms with van der Waals surface area (Å²) in [5.41, 5.74) is 2.52. The molecule has 1 atom stereocenters. The van der Waals surface area contributed by atoms with Crippen molar-refractivity contribution in [2.24, 2.45) is 0 Å². The molecular weight excluding hydrogens is 394 g/mol. The van der Waals surface area contributed by atoms with Crippen molar-refractivity contribution < 1.29 is 9.53 Å². The van der Waals surface area contributed by atoms with Crippen molar-refractivity contribution in [2.45, 2.75) is 18.8 Å². The zero-order valence-electron chi connectivity index (χ0n) is 17.3. The predicted molar refractivity (Wildman–Crippen MR) is 118 cm³/mol. The Morgan fingerprint density at radius 1 is 1.13 bits per heavy atom. The molecular formula is C23H25N5O3. The van der Waals surface area contributed by atoms with E-state index in [1.165, 1.54) is 0 Å². The number of aromatic amines is 1. The van der Waals surface area contributed by atoms with Crippen molar-refractivity contribution in [2.75, 3.05) is 44.7 Å². The summed E-state index contributed by atoms with van der Waals surface area (Å²) in [5, 5.41) is 3.61. The minimum absolute atomic E-state index is 0.0246. The number of rotatable bonds is 5. The largest absolute Gasteiger partial charge is 0.379 e. The number of hydrogen-bond acceptors (Lipinski definition) is 7. The van der Waals surface area contributed by atoms with E-state index < -0.39 is 0 Å². The van der Waals surface area contributed by atoms with Gasteiger partial charge in [-0.15, -0.1) is 0 Å². The molecule has 1 aliphatic carbocycles. The lowest BCUT2D eigenvalue weighted by molar-refractivity contribution is 0.0398. The van der Waals surface area contributed by atoms with Crippen LogP contribution in [0.3, 0.4) is 0 Å². The second kappa shape index (κ2) is 8.56. The molecule has 31 heavy (non-hydrogen) atoms. The highest BCUT2D eigenvalue weighted by Crippen LogP contribution is 2.34.